The molecule has 0 saturated carbocycles. The molecule has 3 nitrogen and oxygen atoms in total. The molecule has 0 aromatic heterocycles. The maximum atomic E-state index is 9.10. The van der Waals surface area contributed by atoms with Gasteiger partial charge in [0.1, 0.15) is 11.3 Å². The van der Waals surface area contributed by atoms with E-state index in [9.17, 15) is 0 Å². The van der Waals surface area contributed by atoms with Crippen LogP contribution in [0.1, 0.15) is 45.1 Å². The molecule has 3 heteroatoms. The van der Waals surface area contributed by atoms with E-state index in [1.54, 1.807) is 7.05 Å². The van der Waals surface area contributed by atoms with Crippen LogP contribution in [-0.4, -0.2) is 19.2 Å². The lowest BCUT2D eigenvalue weighted by molar-refractivity contribution is 0.269. The molecule has 1 rings (SSSR count). The Bertz CT molecular complexity index is 439. The largest absolute Gasteiger partial charge is 0.493 e. The first-order valence-corrected chi connectivity index (χ1v) is 6.88. The van der Waals surface area contributed by atoms with Gasteiger partial charge in [0.2, 0.25) is 0 Å². The van der Waals surface area contributed by atoms with Crippen molar-refractivity contribution in [2.75, 3.05) is 13.7 Å². The van der Waals surface area contributed by atoms with Crippen LogP contribution in [0.3, 0.4) is 0 Å². The van der Waals surface area contributed by atoms with Crippen LogP contribution in [-0.2, 0) is 0 Å². The Kier molecular flexibility index (Phi) is 5.85. The average molecular weight is 260 g/mol. The summed E-state index contributed by atoms with van der Waals surface area (Å²) in [5.41, 5.74) is 0.721. The minimum absolute atomic E-state index is 0.489. The van der Waals surface area contributed by atoms with Gasteiger partial charge in [-0.3, -0.25) is 0 Å². The van der Waals surface area contributed by atoms with Crippen molar-refractivity contribution in [1.82, 2.24) is 5.32 Å². The Morgan fingerprint density at radius 3 is 2.68 bits per heavy atom. The molecule has 0 aliphatic carbocycles. The zero-order chi connectivity index (χ0) is 14.3. The van der Waals surface area contributed by atoms with Crippen LogP contribution in [0.4, 0.5) is 0 Å². The van der Waals surface area contributed by atoms with Gasteiger partial charge < -0.3 is 10.1 Å². The van der Waals surface area contributed by atoms with Crippen molar-refractivity contribution in [2.45, 2.75) is 45.1 Å². The first-order chi connectivity index (χ1) is 9.06. The summed E-state index contributed by atoms with van der Waals surface area (Å²) in [6.45, 7) is 6.81. The lowest BCUT2D eigenvalue weighted by Crippen LogP contribution is -2.39. The zero-order valence-corrected chi connectivity index (χ0v) is 12.4. The smallest absolute Gasteiger partial charge is 0.122 e. The van der Waals surface area contributed by atoms with Gasteiger partial charge in [-0.15, -0.1) is 0 Å². The quantitative estimate of drug-likeness (QED) is 0.816. The summed E-state index contributed by atoms with van der Waals surface area (Å²) in [5, 5.41) is 12.1. The Hall–Kier alpha value is -1.53. The molecule has 0 aliphatic rings. The molecule has 19 heavy (non-hydrogen) atoms. The second-order valence-electron chi connectivity index (χ2n) is 5.14. The fourth-order valence-corrected chi connectivity index (χ4v) is 1.84. The number of ether oxygens (including phenoxy) is 1. The number of hydrogen-bond donors (Lipinski definition) is 1. The fraction of sp³-hybridized carbons (Fsp3) is 0.562. The second-order valence-corrected chi connectivity index (χ2v) is 5.14. The number of benzene rings is 1. The van der Waals surface area contributed by atoms with E-state index in [-0.39, 0.29) is 0 Å². The molecule has 2 atom stereocenters. The molecular weight excluding hydrogens is 236 g/mol. The predicted octanol–water partition coefficient (Wildman–Crippen LogP) is 3.47. The molecule has 1 N–H and O–H groups in total. The van der Waals surface area contributed by atoms with Gasteiger partial charge in [0.25, 0.3) is 0 Å². The Balaban J connectivity index is 2.66. The van der Waals surface area contributed by atoms with Crippen LogP contribution in [0.15, 0.2) is 24.3 Å². The van der Waals surface area contributed by atoms with Gasteiger partial charge in [0.05, 0.1) is 12.7 Å². The van der Waals surface area contributed by atoms with Crippen LogP contribution in [0.5, 0.6) is 5.75 Å². The Morgan fingerprint density at radius 1 is 1.42 bits per heavy atom. The van der Waals surface area contributed by atoms with Gasteiger partial charge in [0, 0.05) is 6.42 Å². The van der Waals surface area contributed by atoms with E-state index in [0.29, 0.717) is 18.9 Å². The minimum Gasteiger partial charge on any atom is -0.493 e. The third-order valence-electron chi connectivity index (χ3n) is 3.72. The molecule has 0 aliphatic heterocycles. The van der Waals surface area contributed by atoms with E-state index in [0.717, 1.165) is 12.2 Å². The highest BCUT2D eigenvalue weighted by molar-refractivity contribution is 5.35. The van der Waals surface area contributed by atoms with Gasteiger partial charge >= 0.3 is 0 Å². The van der Waals surface area contributed by atoms with Crippen molar-refractivity contribution >= 4 is 0 Å². The van der Waals surface area contributed by atoms with Gasteiger partial charge in [-0.1, -0.05) is 32.0 Å². The van der Waals surface area contributed by atoms with Crippen LogP contribution < -0.4 is 10.1 Å². The molecule has 104 valence electrons. The standard InChI is InChI=1S/C16H24N2O/c1-5-13(2)14-8-6-7-9-15(14)19-11-10-16(3,12-17)18-4/h6-9,13,18H,5,10-11H2,1-4H3. The van der Waals surface area contributed by atoms with Crippen LogP contribution in [0.2, 0.25) is 0 Å². The van der Waals surface area contributed by atoms with E-state index >= 15 is 0 Å². The summed E-state index contributed by atoms with van der Waals surface area (Å²) in [6, 6.07) is 10.4. The van der Waals surface area contributed by atoms with Crippen LogP contribution in [0.25, 0.3) is 0 Å². The predicted molar refractivity (Wildman–Crippen MR) is 78.3 cm³/mol. The average Bonchev–Trinajstić information content (AvgIpc) is 2.46. The maximum Gasteiger partial charge on any atom is 0.122 e. The minimum atomic E-state index is -0.523. The Morgan fingerprint density at radius 2 is 2.11 bits per heavy atom. The van der Waals surface area contributed by atoms with Crippen LogP contribution in [0, 0.1) is 11.3 Å². The topological polar surface area (TPSA) is 45.0 Å². The van der Waals surface area contributed by atoms with Gasteiger partial charge in [0.15, 0.2) is 0 Å². The number of nitrogens with zero attached hydrogens (tertiary/aromatic N) is 1. The fourth-order valence-electron chi connectivity index (χ4n) is 1.84. The molecule has 0 radical (unpaired) electrons. The summed E-state index contributed by atoms with van der Waals surface area (Å²) >= 11 is 0. The van der Waals surface area contributed by atoms with E-state index < -0.39 is 5.54 Å². The lowest BCUT2D eigenvalue weighted by atomic mass is 9.97. The van der Waals surface area contributed by atoms with E-state index in [1.165, 1.54) is 5.56 Å². The van der Waals surface area contributed by atoms with Gasteiger partial charge in [-0.2, -0.15) is 5.26 Å². The van der Waals surface area contributed by atoms with Gasteiger partial charge in [-0.25, -0.2) is 0 Å². The molecule has 2 unspecified atom stereocenters. The van der Waals surface area contributed by atoms with Crippen molar-refractivity contribution < 1.29 is 4.74 Å². The zero-order valence-electron chi connectivity index (χ0n) is 12.4. The van der Waals surface area contributed by atoms with Crippen molar-refractivity contribution in [3.05, 3.63) is 29.8 Å². The molecule has 0 spiro atoms. The van der Waals surface area contributed by atoms with E-state index in [2.05, 4.69) is 31.3 Å². The van der Waals surface area contributed by atoms with Gasteiger partial charge in [-0.05, 0) is 37.9 Å². The number of nitrogens with one attached hydrogen (secondary N) is 1. The SMILES string of the molecule is CCC(C)c1ccccc1OCCC(C)(C#N)NC. The number of rotatable bonds is 7. The lowest BCUT2D eigenvalue weighted by Gasteiger charge is -2.21. The highest BCUT2D eigenvalue weighted by Crippen LogP contribution is 2.28. The third-order valence-corrected chi connectivity index (χ3v) is 3.72. The van der Waals surface area contributed by atoms with Crippen molar-refractivity contribution in [1.29, 1.82) is 5.26 Å². The summed E-state index contributed by atoms with van der Waals surface area (Å²) in [7, 11) is 1.80. The van der Waals surface area contributed by atoms with Crippen molar-refractivity contribution in [3.63, 3.8) is 0 Å². The maximum absolute atomic E-state index is 9.10. The first-order valence-electron chi connectivity index (χ1n) is 6.88. The molecule has 0 amide bonds. The number of nitriles is 1. The molecule has 1 aromatic carbocycles. The molecule has 0 fully saturated rings. The van der Waals surface area contributed by atoms with Crippen molar-refractivity contribution in [2.24, 2.45) is 0 Å². The number of para-hydroxylation sites is 1. The summed E-state index contributed by atoms with van der Waals surface area (Å²) in [6.07, 6.45) is 1.75. The first kappa shape index (κ1) is 15.5. The normalized spacial score (nSPS) is 15.3. The van der Waals surface area contributed by atoms with E-state index in [4.69, 9.17) is 10.00 Å². The summed E-state index contributed by atoms with van der Waals surface area (Å²) < 4.78 is 5.87. The third kappa shape index (κ3) is 4.25. The highest BCUT2D eigenvalue weighted by Gasteiger charge is 2.21. The van der Waals surface area contributed by atoms with E-state index in [1.807, 2.05) is 25.1 Å². The molecule has 0 bridgehead atoms. The molecular formula is C16H24N2O. The van der Waals surface area contributed by atoms with Crippen molar-refractivity contribution in [3.8, 4) is 11.8 Å². The monoisotopic (exact) mass is 260 g/mol. The molecule has 1 aromatic rings. The van der Waals surface area contributed by atoms with Crippen LogP contribution >= 0.6 is 0 Å². The Labute approximate surface area is 116 Å². The molecule has 0 saturated heterocycles. The molecule has 0 heterocycles. The summed E-state index contributed by atoms with van der Waals surface area (Å²) in [5.74, 6) is 1.43. The summed E-state index contributed by atoms with van der Waals surface area (Å²) in [4.78, 5) is 0. The second kappa shape index (κ2) is 7.16. The number of hydrogen-bond acceptors (Lipinski definition) is 3. The highest BCUT2D eigenvalue weighted by atomic mass is 16.5.